The minimum absolute atomic E-state index is 0.00758. The minimum atomic E-state index is -1.22. The van der Waals surface area contributed by atoms with Crippen molar-refractivity contribution in [3.8, 4) is 0 Å². The summed E-state index contributed by atoms with van der Waals surface area (Å²) in [6, 6.07) is 7.75. The number of benzene rings is 1. The second-order valence-electron chi connectivity index (χ2n) is 6.90. The van der Waals surface area contributed by atoms with Crippen molar-refractivity contribution in [2.75, 3.05) is 18.4 Å². The Labute approximate surface area is 191 Å². The molecule has 0 radical (unpaired) electrons. The van der Waals surface area contributed by atoms with Gasteiger partial charge in [-0.3, -0.25) is 9.78 Å². The molecule has 2 aromatic heterocycles. The fourth-order valence-electron chi connectivity index (χ4n) is 3.12. The van der Waals surface area contributed by atoms with Gasteiger partial charge in [0, 0.05) is 24.7 Å². The van der Waals surface area contributed by atoms with Crippen LogP contribution in [0.1, 0.15) is 17.0 Å². The molecule has 0 aliphatic carbocycles. The molecule has 10 nitrogen and oxygen atoms in total. The van der Waals surface area contributed by atoms with Crippen molar-refractivity contribution < 1.29 is 29.0 Å². The monoisotopic (exact) mass is 474 g/mol. The van der Waals surface area contributed by atoms with Crippen LogP contribution in [0.3, 0.4) is 0 Å². The number of hydrogen-bond donors (Lipinski definition) is 2. The Morgan fingerprint density at radius 1 is 1.36 bits per heavy atom. The Morgan fingerprint density at radius 2 is 2.09 bits per heavy atom. The standard InChI is InChI=1S/C21H19FN4O6S/c1-2-7-25(21(28)29)11-16(14-5-3-13(4-6-14)12-32-26(30)31)20(27)24-19-8-15-17(22)9-23-10-18(15)33-19/h2-6,8-10,16H,1,7,11-12H2,(H,24,27)(H,28,29). The lowest BCUT2D eigenvalue weighted by Crippen LogP contribution is -2.37. The summed E-state index contributed by atoms with van der Waals surface area (Å²) in [6.45, 7) is 3.12. The van der Waals surface area contributed by atoms with Crippen molar-refractivity contribution in [2.24, 2.45) is 0 Å². The quantitative estimate of drug-likeness (QED) is 0.257. The molecule has 0 aliphatic heterocycles. The van der Waals surface area contributed by atoms with Gasteiger partial charge < -0.3 is 20.2 Å². The van der Waals surface area contributed by atoms with Crippen molar-refractivity contribution in [3.63, 3.8) is 0 Å². The van der Waals surface area contributed by atoms with Crippen molar-refractivity contribution in [1.29, 1.82) is 0 Å². The number of carbonyl (C=O) groups is 2. The van der Waals surface area contributed by atoms with E-state index >= 15 is 0 Å². The molecule has 2 amide bonds. The second kappa shape index (κ2) is 10.5. The average Bonchev–Trinajstić information content (AvgIpc) is 3.19. The highest BCUT2D eigenvalue weighted by Crippen LogP contribution is 2.32. The van der Waals surface area contributed by atoms with E-state index in [9.17, 15) is 29.2 Å². The third kappa shape index (κ3) is 6.01. The van der Waals surface area contributed by atoms with Crippen LogP contribution in [-0.4, -0.2) is 45.2 Å². The van der Waals surface area contributed by atoms with Crippen molar-refractivity contribution in [2.45, 2.75) is 12.5 Å². The van der Waals surface area contributed by atoms with Gasteiger partial charge in [-0.1, -0.05) is 30.3 Å². The number of anilines is 1. The molecule has 0 fully saturated rings. The maximum Gasteiger partial charge on any atom is 0.407 e. The number of halogens is 1. The molecule has 172 valence electrons. The molecule has 12 heteroatoms. The summed E-state index contributed by atoms with van der Waals surface area (Å²) in [6.07, 6.45) is 2.74. The van der Waals surface area contributed by atoms with Crippen LogP contribution < -0.4 is 5.32 Å². The molecule has 0 spiro atoms. The van der Waals surface area contributed by atoms with Crippen molar-refractivity contribution in [3.05, 3.63) is 82.4 Å². The summed E-state index contributed by atoms with van der Waals surface area (Å²) in [5, 5.41) is 22.4. The molecule has 33 heavy (non-hydrogen) atoms. The van der Waals surface area contributed by atoms with E-state index < -0.39 is 28.8 Å². The Balaban J connectivity index is 1.87. The van der Waals surface area contributed by atoms with Gasteiger partial charge in [0.1, 0.15) is 12.4 Å². The molecule has 2 N–H and O–H groups in total. The summed E-state index contributed by atoms with van der Waals surface area (Å²) in [4.78, 5) is 44.3. The first-order valence-electron chi connectivity index (χ1n) is 9.57. The summed E-state index contributed by atoms with van der Waals surface area (Å²) in [5.74, 6) is -1.93. The molecule has 1 aromatic carbocycles. The molecule has 1 unspecified atom stereocenters. The molecule has 3 rings (SSSR count). The smallest absolute Gasteiger partial charge is 0.407 e. The predicted octanol–water partition coefficient (Wildman–Crippen LogP) is 4.03. The van der Waals surface area contributed by atoms with Gasteiger partial charge in [0.2, 0.25) is 5.91 Å². The summed E-state index contributed by atoms with van der Waals surface area (Å²) in [7, 11) is 0. The third-order valence-corrected chi connectivity index (χ3v) is 5.69. The van der Waals surface area contributed by atoms with Gasteiger partial charge in [0.05, 0.1) is 21.8 Å². The van der Waals surface area contributed by atoms with Gasteiger partial charge >= 0.3 is 6.09 Å². The van der Waals surface area contributed by atoms with Gasteiger partial charge in [-0.15, -0.1) is 28.0 Å². The van der Waals surface area contributed by atoms with Gasteiger partial charge in [0.25, 0.3) is 5.09 Å². The zero-order valence-corrected chi connectivity index (χ0v) is 18.0. The Hall–Kier alpha value is -4.06. The Morgan fingerprint density at radius 3 is 2.70 bits per heavy atom. The van der Waals surface area contributed by atoms with E-state index in [2.05, 4.69) is 21.7 Å². The van der Waals surface area contributed by atoms with Crippen LogP contribution in [-0.2, 0) is 16.2 Å². The van der Waals surface area contributed by atoms with E-state index in [1.807, 2.05) is 0 Å². The van der Waals surface area contributed by atoms with Crippen LogP contribution in [0.5, 0.6) is 0 Å². The number of fused-ring (bicyclic) bond motifs is 1. The van der Waals surface area contributed by atoms with E-state index in [1.165, 1.54) is 18.3 Å². The predicted molar refractivity (Wildman–Crippen MR) is 119 cm³/mol. The van der Waals surface area contributed by atoms with Crippen molar-refractivity contribution in [1.82, 2.24) is 9.88 Å². The lowest BCUT2D eigenvalue weighted by Gasteiger charge is -2.24. The van der Waals surface area contributed by atoms with Crippen LogP contribution in [0.4, 0.5) is 14.2 Å². The number of nitrogens with zero attached hydrogens (tertiary/aromatic N) is 3. The molecule has 3 aromatic rings. The number of nitrogens with one attached hydrogen (secondary N) is 1. The lowest BCUT2D eigenvalue weighted by atomic mass is 9.96. The first-order valence-corrected chi connectivity index (χ1v) is 10.4. The lowest BCUT2D eigenvalue weighted by molar-refractivity contribution is -0.763. The third-order valence-electron chi connectivity index (χ3n) is 4.70. The number of rotatable bonds is 10. The molecule has 0 aliphatic rings. The van der Waals surface area contributed by atoms with Crippen LogP contribution in [0.15, 0.2) is 55.4 Å². The fourth-order valence-corrected chi connectivity index (χ4v) is 4.06. The highest BCUT2D eigenvalue weighted by atomic mass is 32.1. The Kier molecular flexibility index (Phi) is 7.51. The van der Waals surface area contributed by atoms with Gasteiger partial charge in [-0.25, -0.2) is 9.18 Å². The normalized spacial score (nSPS) is 11.5. The minimum Gasteiger partial charge on any atom is -0.465 e. The number of pyridine rings is 1. The number of carboxylic acid groups (broad SMARTS) is 1. The number of amides is 2. The summed E-state index contributed by atoms with van der Waals surface area (Å²) in [5.41, 5.74) is 0.991. The van der Waals surface area contributed by atoms with E-state index in [1.54, 1.807) is 24.3 Å². The Bertz CT molecular complexity index is 1180. The number of aromatic nitrogens is 1. The number of thiophene rings is 1. The second-order valence-corrected chi connectivity index (χ2v) is 7.98. The molecule has 0 saturated carbocycles. The summed E-state index contributed by atoms with van der Waals surface area (Å²) < 4.78 is 14.5. The van der Waals surface area contributed by atoms with E-state index in [-0.39, 0.29) is 19.7 Å². The molecular weight excluding hydrogens is 455 g/mol. The number of carbonyl (C=O) groups excluding carboxylic acids is 1. The maximum absolute atomic E-state index is 14.0. The average molecular weight is 474 g/mol. The van der Waals surface area contributed by atoms with Gasteiger partial charge in [0.15, 0.2) is 0 Å². The largest absolute Gasteiger partial charge is 0.465 e. The highest BCUT2D eigenvalue weighted by Gasteiger charge is 2.26. The molecule has 2 heterocycles. The van der Waals surface area contributed by atoms with Gasteiger partial charge in [-0.05, 0) is 17.2 Å². The molecule has 1 atom stereocenters. The molecular formula is C21H19FN4O6S. The van der Waals surface area contributed by atoms with E-state index in [4.69, 9.17) is 0 Å². The van der Waals surface area contributed by atoms with Crippen molar-refractivity contribution >= 4 is 38.4 Å². The number of hydrogen-bond acceptors (Lipinski definition) is 7. The topological polar surface area (TPSA) is 135 Å². The summed E-state index contributed by atoms with van der Waals surface area (Å²) >= 11 is 1.14. The first kappa shape index (κ1) is 23.6. The molecule has 0 bridgehead atoms. The van der Waals surface area contributed by atoms with E-state index in [0.717, 1.165) is 22.4 Å². The van der Waals surface area contributed by atoms with Crippen LogP contribution in [0.2, 0.25) is 0 Å². The van der Waals surface area contributed by atoms with Crippen LogP contribution in [0, 0.1) is 15.9 Å². The SMILES string of the molecule is C=CCN(CC(C(=O)Nc1cc2c(F)cncc2s1)c1ccc(CO[N+](=O)[O-])cc1)C(=O)O. The zero-order chi connectivity index (χ0) is 24.0. The van der Waals surface area contributed by atoms with Crippen LogP contribution in [0.25, 0.3) is 10.1 Å². The van der Waals surface area contributed by atoms with Crippen LogP contribution >= 0.6 is 11.3 Å². The fraction of sp³-hybridized carbons (Fsp3) is 0.190. The maximum atomic E-state index is 14.0. The molecule has 0 saturated heterocycles. The first-order chi connectivity index (χ1) is 15.8. The zero-order valence-electron chi connectivity index (χ0n) is 17.1. The van der Waals surface area contributed by atoms with Gasteiger partial charge in [-0.2, -0.15) is 0 Å². The highest BCUT2D eigenvalue weighted by molar-refractivity contribution is 7.22. The van der Waals surface area contributed by atoms with E-state index in [0.29, 0.717) is 26.2 Å².